The van der Waals surface area contributed by atoms with Crippen LogP contribution < -0.4 is 5.32 Å². The van der Waals surface area contributed by atoms with E-state index in [9.17, 15) is 13.2 Å². The summed E-state index contributed by atoms with van der Waals surface area (Å²) >= 11 is 0. The van der Waals surface area contributed by atoms with Crippen LogP contribution in [0.4, 0.5) is 0 Å². The van der Waals surface area contributed by atoms with E-state index in [0.29, 0.717) is 32.5 Å². The lowest BCUT2D eigenvalue weighted by atomic mass is 9.93. The lowest BCUT2D eigenvalue weighted by Crippen LogP contribution is -2.45. The second-order valence-electron chi connectivity index (χ2n) is 6.11. The molecule has 1 fully saturated rings. The molecule has 6 nitrogen and oxygen atoms in total. The Hall–Kier alpha value is -0.660. The van der Waals surface area contributed by atoms with Gasteiger partial charge in [0.05, 0.1) is 5.75 Å². The van der Waals surface area contributed by atoms with Gasteiger partial charge in [0.2, 0.25) is 15.9 Å². The molecule has 0 unspecified atom stereocenters. The number of aliphatic hydroxyl groups excluding tert-OH is 1. The van der Waals surface area contributed by atoms with Crippen LogP contribution in [0.15, 0.2) is 0 Å². The molecule has 118 valence electrons. The average Bonchev–Trinajstić information content (AvgIpc) is 2.45. The molecule has 0 aliphatic carbocycles. The molecule has 0 aromatic rings. The first-order valence-electron chi connectivity index (χ1n) is 7.08. The largest absolute Gasteiger partial charge is 0.396 e. The zero-order valence-electron chi connectivity index (χ0n) is 12.6. The van der Waals surface area contributed by atoms with Crippen molar-refractivity contribution in [2.24, 2.45) is 11.3 Å². The van der Waals surface area contributed by atoms with Crippen LogP contribution in [-0.4, -0.2) is 55.7 Å². The lowest BCUT2D eigenvalue weighted by molar-refractivity contribution is -0.126. The van der Waals surface area contributed by atoms with E-state index in [2.05, 4.69) is 5.32 Å². The summed E-state index contributed by atoms with van der Waals surface area (Å²) in [6, 6.07) is 0. The van der Waals surface area contributed by atoms with Crippen molar-refractivity contribution in [1.29, 1.82) is 0 Å². The highest BCUT2D eigenvalue weighted by Crippen LogP contribution is 2.20. The summed E-state index contributed by atoms with van der Waals surface area (Å²) in [6.45, 7) is 6.66. The number of sulfonamides is 1. The highest BCUT2D eigenvalue weighted by molar-refractivity contribution is 7.89. The number of nitrogens with zero attached hydrogens (tertiary/aromatic N) is 1. The Balaban J connectivity index is 2.44. The average molecular weight is 306 g/mol. The zero-order valence-corrected chi connectivity index (χ0v) is 13.4. The molecule has 1 aliphatic rings. The molecule has 0 bridgehead atoms. The molecule has 0 atom stereocenters. The molecule has 0 spiro atoms. The number of piperidine rings is 1. The Morgan fingerprint density at radius 3 is 2.35 bits per heavy atom. The number of rotatable bonds is 6. The van der Waals surface area contributed by atoms with Crippen LogP contribution in [0.3, 0.4) is 0 Å². The summed E-state index contributed by atoms with van der Waals surface area (Å²) in [7, 11) is -3.14. The zero-order chi connectivity index (χ0) is 15.4. The highest BCUT2D eigenvalue weighted by atomic mass is 32.2. The lowest BCUT2D eigenvalue weighted by Gasteiger charge is -2.31. The van der Waals surface area contributed by atoms with E-state index >= 15 is 0 Å². The number of hydrogen-bond donors (Lipinski definition) is 2. The first kappa shape index (κ1) is 17.4. The summed E-state index contributed by atoms with van der Waals surface area (Å²) in [5.41, 5.74) is -0.331. The van der Waals surface area contributed by atoms with Gasteiger partial charge < -0.3 is 10.4 Å². The molecule has 7 heteroatoms. The molecule has 0 radical (unpaired) electrons. The van der Waals surface area contributed by atoms with Crippen LogP contribution in [0.5, 0.6) is 0 Å². The van der Waals surface area contributed by atoms with Gasteiger partial charge in [-0.15, -0.1) is 0 Å². The van der Waals surface area contributed by atoms with Crippen LogP contribution in [0, 0.1) is 11.3 Å². The predicted molar refractivity (Wildman–Crippen MR) is 77.6 cm³/mol. The minimum Gasteiger partial charge on any atom is -0.396 e. The normalized spacial score (nSPS) is 19.0. The first-order valence-corrected chi connectivity index (χ1v) is 8.69. The Bertz CT molecular complexity index is 426. The summed E-state index contributed by atoms with van der Waals surface area (Å²) in [5, 5.41) is 12.0. The fraction of sp³-hybridized carbons (Fsp3) is 0.923. The fourth-order valence-corrected chi connectivity index (χ4v) is 3.24. The van der Waals surface area contributed by atoms with Crippen molar-refractivity contribution in [2.45, 2.75) is 33.6 Å². The Morgan fingerprint density at radius 2 is 1.90 bits per heavy atom. The Morgan fingerprint density at radius 1 is 1.35 bits per heavy atom. The molecule has 1 rings (SSSR count). The van der Waals surface area contributed by atoms with E-state index in [1.165, 1.54) is 4.31 Å². The summed E-state index contributed by atoms with van der Waals surface area (Å²) in [5.74, 6) is -0.0676. The predicted octanol–water partition coefficient (Wildman–Crippen LogP) is 0.183. The molecular weight excluding hydrogens is 280 g/mol. The second kappa shape index (κ2) is 6.87. The standard InChI is InChI=1S/C13H26N2O4S/c1-4-20(18,19)15-7-5-11(6-8-15)12(17)14-9-13(2,3)10-16/h11,16H,4-10H2,1-3H3,(H,14,17). The van der Waals surface area contributed by atoms with Crippen LogP contribution in [0.25, 0.3) is 0 Å². The maximum Gasteiger partial charge on any atom is 0.223 e. The topological polar surface area (TPSA) is 86.7 Å². The molecule has 1 saturated heterocycles. The minimum atomic E-state index is -3.14. The number of carbonyl (C=O) groups is 1. The van der Waals surface area contributed by atoms with E-state index < -0.39 is 10.0 Å². The van der Waals surface area contributed by atoms with Crippen molar-refractivity contribution in [3.8, 4) is 0 Å². The van der Waals surface area contributed by atoms with Crippen molar-refractivity contribution >= 4 is 15.9 Å². The minimum absolute atomic E-state index is 0.0144. The second-order valence-corrected chi connectivity index (χ2v) is 8.37. The van der Waals surface area contributed by atoms with Crippen molar-refractivity contribution in [1.82, 2.24) is 9.62 Å². The molecule has 1 amide bonds. The van der Waals surface area contributed by atoms with Gasteiger partial charge in [-0.3, -0.25) is 4.79 Å². The van der Waals surface area contributed by atoms with Gasteiger partial charge in [0.15, 0.2) is 0 Å². The third-order valence-corrected chi connectivity index (χ3v) is 5.63. The van der Waals surface area contributed by atoms with Crippen LogP contribution in [-0.2, 0) is 14.8 Å². The smallest absolute Gasteiger partial charge is 0.223 e. The van der Waals surface area contributed by atoms with Crippen molar-refractivity contribution < 1.29 is 18.3 Å². The van der Waals surface area contributed by atoms with Gasteiger partial charge >= 0.3 is 0 Å². The molecule has 0 aromatic carbocycles. The van der Waals surface area contributed by atoms with E-state index in [-0.39, 0.29) is 29.6 Å². The summed E-state index contributed by atoms with van der Waals surface area (Å²) in [4.78, 5) is 12.0. The molecule has 2 N–H and O–H groups in total. The SMILES string of the molecule is CCS(=O)(=O)N1CCC(C(=O)NCC(C)(C)CO)CC1. The number of hydrogen-bond acceptors (Lipinski definition) is 4. The molecule has 0 saturated carbocycles. The van der Waals surface area contributed by atoms with Crippen LogP contribution >= 0.6 is 0 Å². The number of amides is 1. The molecule has 1 aliphatic heterocycles. The summed E-state index contributed by atoms with van der Waals surface area (Å²) in [6.07, 6.45) is 1.12. The van der Waals surface area contributed by atoms with Crippen LogP contribution in [0.1, 0.15) is 33.6 Å². The molecule has 20 heavy (non-hydrogen) atoms. The van der Waals surface area contributed by atoms with Gasteiger partial charge in [0.1, 0.15) is 0 Å². The van der Waals surface area contributed by atoms with Crippen molar-refractivity contribution in [3.63, 3.8) is 0 Å². The van der Waals surface area contributed by atoms with Gasteiger partial charge in [-0.1, -0.05) is 13.8 Å². The van der Waals surface area contributed by atoms with Crippen molar-refractivity contribution in [2.75, 3.05) is 32.0 Å². The molecular formula is C13H26N2O4S. The molecule has 1 heterocycles. The maximum absolute atomic E-state index is 12.0. The van der Waals surface area contributed by atoms with Gasteiger partial charge in [0.25, 0.3) is 0 Å². The maximum atomic E-state index is 12.0. The highest BCUT2D eigenvalue weighted by Gasteiger charge is 2.30. The summed E-state index contributed by atoms with van der Waals surface area (Å²) < 4.78 is 24.9. The monoisotopic (exact) mass is 306 g/mol. The van der Waals surface area contributed by atoms with E-state index in [1.54, 1.807) is 6.92 Å². The fourth-order valence-electron chi connectivity index (χ4n) is 2.11. The van der Waals surface area contributed by atoms with Gasteiger partial charge in [-0.2, -0.15) is 0 Å². The van der Waals surface area contributed by atoms with Gasteiger partial charge in [-0.05, 0) is 19.8 Å². The van der Waals surface area contributed by atoms with Crippen LogP contribution in [0.2, 0.25) is 0 Å². The Labute approximate surface area is 121 Å². The Kier molecular flexibility index (Phi) is 5.97. The number of carbonyl (C=O) groups excluding carboxylic acids is 1. The number of nitrogens with one attached hydrogen (secondary N) is 1. The third-order valence-electron chi connectivity index (χ3n) is 3.75. The van der Waals surface area contributed by atoms with Crippen molar-refractivity contribution in [3.05, 3.63) is 0 Å². The van der Waals surface area contributed by atoms with E-state index in [1.807, 2.05) is 13.8 Å². The number of aliphatic hydroxyl groups is 1. The van der Waals surface area contributed by atoms with E-state index in [0.717, 1.165) is 0 Å². The third kappa shape index (κ3) is 4.71. The quantitative estimate of drug-likeness (QED) is 0.733. The first-order chi connectivity index (χ1) is 9.22. The molecule has 0 aromatic heterocycles. The van der Waals surface area contributed by atoms with Gasteiger partial charge in [-0.25, -0.2) is 12.7 Å². The van der Waals surface area contributed by atoms with E-state index in [4.69, 9.17) is 5.11 Å². The van der Waals surface area contributed by atoms with Gasteiger partial charge in [0, 0.05) is 37.6 Å².